The molecule has 1 aromatic carbocycles. The van der Waals surface area contributed by atoms with Gasteiger partial charge in [0.25, 0.3) is 0 Å². The second-order valence-corrected chi connectivity index (χ2v) is 3.37. The topological polar surface area (TPSA) is 35.2 Å². The van der Waals surface area contributed by atoms with Crippen molar-refractivity contribution in [2.45, 2.75) is 18.8 Å². The van der Waals surface area contributed by atoms with Gasteiger partial charge in [0, 0.05) is 6.04 Å². The molecule has 7 heteroatoms. The number of rotatable bonds is 4. The van der Waals surface area contributed by atoms with Crippen LogP contribution in [0.5, 0.6) is 5.75 Å². The molecule has 0 amide bonds. The van der Waals surface area contributed by atoms with Gasteiger partial charge in [-0.3, -0.25) is 0 Å². The Hall–Kier alpha value is -1.27. The Labute approximate surface area is 108 Å². The van der Waals surface area contributed by atoms with Crippen molar-refractivity contribution < 1.29 is 22.3 Å². The average molecular weight is 286 g/mol. The molecule has 1 atom stereocenters. The minimum Gasteiger partial charge on any atom is -0.403 e. The van der Waals surface area contributed by atoms with E-state index in [1.165, 1.54) is 6.07 Å². The van der Waals surface area contributed by atoms with Crippen LogP contribution >= 0.6 is 12.4 Å². The van der Waals surface area contributed by atoms with E-state index in [0.29, 0.717) is 12.0 Å². The lowest BCUT2D eigenvalue weighted by atomic mass is 10.0. The van der Waals surface area contributed by atoms with Gasteiger partial charge in [-0.1, -0.05) is 12.1 Å². The molecule has 0 aromatic heterocycles. The summed E-state index contributed by atoms with van der Waals surface area (Å²) in [5.74, 6) is -1.97. The second kappa shape index (κ2) is 6.61. The highest BCUT2D eigenvalue weighted by atomic mass is 35.5. The number of alkyl halides is 3. The van der Waals surface area contributed by atoms with Crippen LogP contribution in [-0.2, 0) is 0 Å². The maximum atomic E-state index is 13.3. The first kappa shape index (κ1) is 16.7. The van der Waals surface area contributed by atoms with E-state index >= 15 is 0 Å². The summed E-state index contributed by atoms with van der Waals surface area (Å²) in [5.41, 5.74) is 6.04. The third-order valence-electron chi connectivity index (χ3n) is 2.03. The Morgan fingerprint density at radius 2 is 2.00 bits per heavy atom. The third-order valence-corrected chi connectivity index (χ3v) is 2.03. The van der Waals surface area contributed by atoms with E-state index < -0.39 is 24.0 Å². The Morgan fingerprint density at radius 3 is 2.44 bits per heavy atom. The maximum Gasteiger partial charge on any atom is 0.573 e. The average Bonchev–Trinajstić information content (AvgIpc) is 2.19. The monoisotopic (exact) mass is 285 g/mol. The Balaban J connectivity index is 0.00000289. The molecule has 0 aliphatic carbocycles. The quantitative estimate of drug-likeness (QED) is 0.676. The largest absolute Gasteiger partial charge is 0.573 e. The van der Waals surface area contributed by atoms with Crippen molar-refractivity contribution in [2.24, 2.45) is 5.73 Å². The van der Waals surface area contributed by atoms with Gasteiger partial charge < -0.3 is 10.5 Å². The van der Waals surface area contributed by atoms with Gasteiger partial charge in [-0.05, 0) is 24.1 Å². The smallest absolute Gasteiger partial charge is 0.403 e. The molecule has 0 fully saturated rings. The van der Waals surface area contributed by atoms with E-state index in [9.17, 15) is 17.6 Å². The van der Waals surface area contributed by atoms with E-state index in [2.05, 4.69) is 11.3 Å². The molecule has 0 unspecified atom stereocenters. The van der Waals surface area contributed by atoms with Crippen molar-refractivity contribution in [3.63, 3.8) is 0 Å². The first-order valence-electron chi connectivity index (χ1n) is 4.75. The molecule has 1 aromatic rings. The summed E-state index contributed by atoms with van der Waals surface area (Å²) < 4.78 is 52.4. The van der Waals surface area contributed by atoms with Gasteiger partial charge in [0.05, 0.1) is 0 Å². The summed E-state index contributed by atoms with van der Waals surface area (Å²) in [7, 11) is 0. The Bertz CT molecular complexity index is 409. The number of nitrogens with two attached hydrogens (primary N) is 1. The zero-order valence-electron chi connectivity index (χ0n) is 9.21. The number of halogens is 5. The van der Waals surface area contributed by atoms with E-state index in [4.69, 9.17) is 5.73 Å². The summed E-state index contributed by atoms with van der Waals surface area (Å²) in [4.78, 5) is 0. The van der Waals surface area contributed by atoms with E-state index in [1.807, 2.05) is 0 Å². The van der Waals surface area contributed by atoms with Gasteiger partial charge in [-0.15, -0.1) is 32.2 Å². The SMILES string of the molecule is C=CC[C@H](N)c1ccc(OC(F)(F)F)c(F)c1.Cl. The first-order chi connectivity index (χ1) is 7.83. The number of hydrogen-bond acceptors (Lipinski definition) is 2. The van der Waals surface area contributed by atoms with Gasteiger partial charge in [-0.2, -0.15) is 0 Å². The van der Waals surface area contributed by atoms with Crippen LogP contribution in [0.4, 0.5) is 17.6 Å². The van der Waals surface area contributed by atoms with E-state index in [1.54, 1.807) is 6.08 Å². The molecule has 18 heavy (non-hydrogen) atoms. The summed E-state index contributed by atoms with van der Waals surface area (Å²) in [6.07, 6.45) is -2.97. The van der Waals surface area contributed by atoms with Gasteiger partial charge >= 0.3 is 6.36 Å². The standard InChI is InChI=1S/C11H11F4NO.ClH/c1-2-3-9(16)7-4-5-10(8(12)6-7)17-11(13,14)15;/h2,4-6,9H,1,3,16H2;1H/t9-;/m0./s1. The van der Waals surface area contributed by atoms with Crippen molar-refractivity contribution in [3.8, 4) is 5.75 Å². The van der Waals surface area contributed by atoms with Crippen LogP contribution in [0.25, 0.3) is 0 Å². The Morgan fingerprint density at radius 1 is 1.39 bits per heavy atom. The van der Waals surface area contributed by atoms with Gasteiger partial charge in [0.1, 0.15) is 0 Å². The lowest BCUT2D eigenvalue weighted by Gasteiger charge is -2.13. The summed E-state index contributed by atoms with van der Waals surface area (Å²) in [5, 5.41) is 0. The molecule has 0 spiro atoms. The minimum absolute atomic E-state index is 0. The third kappa shape index (κ3) is 4.93. The van der Waals surface area contributed by atoms with Crippen LogP contribution in [0.2, 0.25) is 0 Å². The zero-order chi connectivity index (χ0) is 13.1. The van der Waals surface area contributed by atoms with Crippen LogP contribution in [0, 0.1) is 5.82 Å². The highest BCUT2D eigenvalue weighted by Gasteiger charge is 2.32. The molecular formula is C11H12ClF4NO. The highest BCUT2D eigenvalue weighted by Crippen LogP contribution is 2.27. The fraction of sp³-hybridized carbons (Fsp3) is 0.273. The molecule has 2 N–H and O–H groups in total. The van der Waals surface area contributed by atoms with Crippen molar-refractivity contribution >= 4 is 12.4 Å². The van der Waals surface area contributed by atoms with Crippen molar-refractivity contribution in [1.29, 1.82) is 0 Å². The van der Waals surface area contributed by atoms with Crippen LogP contribution in [0.15, 0.2) is 30.9 Å². The molecule has 0 aliphatic rings. The fourth-order valence-corrected chi connectivity index (χ4v) is 1.27. The van der Waals surface area contributed by atoms with Crippen molar-refractivity contribution in [3.05, 3.63) is 42.2 Å². The normalized spacial score (nSPS) is 12.5. The molecule has 0 radical (unpaired) electrons. The van der Waals surface area contributed by atoms with Crippen LogP contribution in [-0.4, -0.2) is 6.36 Å². The van der Waals surface area contributed by atoms with Crippen molar-refractivity contribution in [1.82, 2.24) is 0 Å². The highest BCUT2D eigenvalue weighted by molar-refractivity contribution is 5.85. The van der Waals surface area contributed by atoms with Crippen LogP contribution in [0.3, 0.4) is 0 Å². The van der Waals surface area contributed by atoms with Gasteiger partial charge in [0.2, 0.25) is 0 Å². The van der Waals surface area contributed by atoms with Crippen LogP contribution < -0.4 is 10.5 Å². The molecule has 2 nitrogen and oxygen atoms in total. The molecule has 102 valence electrons. The molecule has 0 saturated carbocycles. The Kier molecular flexibility index (Phi) is 6.14. The van der Waals surface area contributed by atoms with Gasteiger partial charge in [-0.25, -0.2) is 4.39 Å². The lowest BCUT2D eigenvalue weighted by Crippen LogP contribution is -2.18. The molecule has 1 rings (SSSR count). The number of ether oxygens (including phenoxy) is 1. The summed E-state index contributed by atoms with van der Waals surface area (Å²) in [6, 6.07) is 2.62. The van der Waals surface area contributed by atoms with E-state index in [0.717, 1.165) is 12.1 Å². The maximum absolute atomic E-state index is 13.3. The van der Waals surface area contributed by atoms with E-state index in [-0.39, 0.29) is 12.4 Å². The summed E-state index contributed by atoms with van der Waals surface area (Å²) >= 11 is 0. The minimum atomic E-state index is -4.91. The molecular weight excluding hydrogens is 274 g/mol. The summed E-state index contributed by atoms with van der Waals surface area (Å²) in [6.45, 7) is 3.47. The molecule has 0 saturated heterocycles. The molecule has 0 heterocycles. The molecule has 0 bridgehead atoms. The van der Waals surface area contributed by atoms with Crippen molar-refractivity contribution in [2.75, 3.05) is 0 Å². The predicted molar refractivity (Wildman–Crippen MR) is 62.1 cm³/mol. The zero-order valence-corrected chi connectivity index (χ0v) is 10.0. The van der Waals surface area contributed by atoms with Crippen LogP contribution in [0.1, 0.15) is 18.0 Å². The number of benzene rings is 1. The number of hydrogen-bond donors (Lipinski definition) is 1. The predicted octanol–water partition coefficient (Wildman–Crippen LogP) is 3.72. The first-order valence-corrected chi connectivity index (χ1v) is 4.75. The van der Waals surface area contributed by atoms with Gasteiger partial charge in [0.15, 0.2) is 11.6 Å². The lowest BCUT2D eigenvalue weighted by molar-refractivity contribution is -0.275. The fourth-order valence-electron chi connectivity index (χ4n) is 1.27. The molecule has 0 aliphatic heterocycles. The second-order valence-electron chi connectivity index (χ2n) is 3.37.